The van der Waals surface area contributed by atoms with Crippen LogP contribution in [0.3, 0.4) is 0 Å². The topological polar surface area (TPSA) is 59.3 Å². The van der Waals surface area contributed by atoms with E-state index >= 15 is 0 Å². The predicted molar refractivity (Wildman–Crippen MR) is 110 cm³/mol. The van der Waals surface area contributed by atoms with Gasteiger partial charge in [0.05, 0.1) is 5.92 Å². The maximum Gasteiger partial charge on any atom is 0.311 e. The van der Waals surface area contributed by atoms with Gasteiger partial charge in [-0.15, -0.1) is 0 Å². The number of allylic oxidation sites excluding steroid dienone is 2. The molecule has 0 aromatic heterocycles. The van der Waals surface area contributed by atoms with Crippen molar-refractivity contribution < 1.29 is 18.7 Å². The van der Waals surface area contributed by atoms with Crippen LogP contribution in [0.1, 0.15) is 44.8 Å². The lowest BCUT2D eigenvalue weighted by molar-refractivity contribution is -0.149. The Balaban J connectivity index is 1.48. The maximum absolute atomic E-state index is 14.2. The molecule has 3 atom stereocenters. The van der Waals surface area contributed by atoms with E-state index in [4.69, 9.17) is 9.47 Å². The van der Waals surface area contributed by atoms with Gasteiger partial charge in [0.1, 0.15) is 11.8 Å². The zero-order chi connectivity index (χ0) is 21.3. The minimum Gasteiger partial charge on any atom is -0.454 e. The lowest BCUT2D eigenvalue weighted by Gasteiger charge is -2.16. The first-order valence-electron chi connectivity index (χ1n) is 10.2. The van der Waals surface area contributed by atoms with Crippen LogP contribution in [0.4, 0.5) is 4.39 Å². The van der Waals surface area contributed by atoms with Crippen molar-refractivity contribution in [2.45, 2.75) is 39.2 Å². The molecule has 2 saturated carbocycles. The molecule has 1 unspecified atom stereocenters. The Hall–Kier alpha value is -3.13. The molecule has 0 heterocycles. The Labute approximate surface area is 175 Å². The zero-order valence-corrected chi connectivity index (χ0v) is 17.1. The summed E-state index contributed by atoms with van der Waals surface area (Å²) in [5.74, 6) is -0.601. The number of hydrogen-bond acceptors (Lipinski definition) is 4. The number of ether oxygens (including phenoxy) is 2. The summed E-state index contributed by atoms with van der Waals surface area (Å²) in [6.07, 6.45) is 4.51. The number of carbonyl (C=O) groups is 1. The quantitative estimate of drug-likeness (QED) is 0.430. The van der Waals surface area contributed by atoms with Gasteiger partial charge in [-0.2, -0.15) is 5.26 Å². The van der Waals surface area contributed by atoms with Crippen LogP contribution in [0.25, 0.3) is 0 Å². The normalized spacial score (nSPS) is 22.3. The van der Waals surface area contributed by atoms with Crippen molar-refractivity contribution in [3.8, 4) is 17.6 Å². The largest absolute Gasteiger partial charge is 0.454 e. The van der Waals surface area contributed by atoms with Crippen LogP contribution < -0.4 is 4.74 Å². The number of benzene rings is 2. The van der Waals surface area contributed by atoms with E-state index in [2.05, 4.69) is 6.08 Å². The summed E-state index contributed by atoms with van der Waals surface area (Å²) in [7, 11) is 0. The standard InChI is InChI=1S/C25H24FNO3/c1-25(2)19(13-16-7-6-8-16)23(25)24(28)30-22(15-27)17-11-12-20(26)21(14-17)29-18-9-4-3-5-10-18/h3-5,9-14,19,22-23H,6-8H2,1-2H3/t19-,22?,23+/m1/s1. The Kier molecular flexibility index (Phi) is 5.34. The van der Waals surface area contributed by atoms with Crippen LogP contribution in [0.5, 0.6) is 11.5 Å². The molecule has 0 spiro atoms. The first-order valence-corrected chi connectivity index (χ1v) is 10.2. The van der Waals surface area contributed by atoms with E-state index in [1.165, 1.54) is 30.2 Å². The van der Waals surface area contributed by atoms with E-state index in [0.29, 0.717) is 11.3 Å². The molecule has 0 aliphatic heterocycles. The third-order valence-electron chi connectivity index (χ3n) is 6.16. The third-order valence-corrected chi connectivity index (χ3v) is 6.16. The average molecular weight is 405 g/mol. The molecule has 2 fully saturated rings. The number of rotatable bonds is 6. The van der Waals surface area contributed by atoms with Gasteiger partial charge >= 0.3 is 5.97 Å². The number of halogens is 1. The lowest BCUT2D eigenvalue weighted by Crippen LogP contribution is -2.14. The van der Waals surface area contributed by atoms with Crippen molar-refractivity contribution in [2.75, 3.05) is 0 Å². The SMILES string of the molecule is CC1(C)[C@H](C=C2CCC2)[C@H]1C(=O)OC(C#N)c1ccc(F)c(Oc2ccccc2)c1. The molecule has 0 amide bonds. The van der Waals surface area contributed by atoms with E-state index in [9.17, 15) is 14.4 Å². The van der Waals surface area contributed by atoms with E-state index in [1.807, 2.05) is 26.0 Å². The van der Waals surface area contributed by atoms with Crippen LogP contribution in [-0.2, 0) is 9.53 Å². The number of para-hydroxylation sites is 1. The van der Waals surface area contributed by atoms with Crippen LogP contribution in [0, 0.1) is 34.4 Å². The highest BCUT2D eigenvalue weighted by Gasteiger charge is 2.61. The molecule has 5 heteroatoms. The van der Waals surface area contributed by atoms with Gasteiger partial charge < -0.3 is 9.47 Å². The lowest BCUT2D eigenvalue weighted by atomic mass is 9.90. The molecule has 0 N–H and O–H groups in total. The molecule has 154 valence electrons. The number of hydrogen-bond donors (Lipinski definition) is 0. The molecular weight excluding hydrogens is 381 g/mol. The van der Waals surface area contributed by atoms with E-state index < -0.39 is 11.9 Å². The number of carbonyl (C=O) groups excluding carboxylic acids is 1. The second-order valence-electron chi connectivity index (χ2n) is 8.55. The molecule has 4 rings (SSSR count). The number of nitriles is 1. The maximum atomic E-state index is 14.2. The van der Waals surface area contributed by atoms with Crippen molar-refractivity contribution in [1.29, 1.82) is 5.26 Å². The summed E-state index contributed by atoms with van der Waals surface area (Å²) in [6.45, 7) is 4.09. The van der Waals surface area contributed by atoms with Gasteiger partial charge in [-0.25, -0.2) is 4.39 Å². The van der Waals surface area contributed by atoms with Crippen molar-refractivity contribution in [3.05, 3.63) is 71.6 Å². The first-order chi connectivity index (χ1) is 14.4. The second-order valence-corrected chi connectivity index (χ2v) is 8.55. The summed E-state index contributed by atoms with van der Waals surface area (Å²) in [5.41, 5.74) is 1.61. The summed E-state index contributed by atoms with van der Waals surface area (Å²) in [6, 6.07) is 14.9. The fraction of sp³-hybridized carbons (Fsp3) is 0.360. The second kappa shape index (κ2) is 7.95. The number of nitrogens with zero attached hydrogens (tertiary/aromatic N) is 1. The van der Waals surface area contributed by atoms with Crippen molar-refractivity contribution in [3.63, 3.8) is 0 Å². The molecule has 0 radical (unpaired) electrons. The van der Waals surface area contributed by atoms with E-state index in [0.717, 1.165) is 12.8 Å². The average Bonchev–Trinajstić information content (AvgIpc) is 3.25. The molecule has 2 aliphatic carbocycles. The summed E-state index contributed by atoms with van der Waals surface area (Å²) in [5, 5.41) is 9.60. The van der Waals surface area contributed by atoms with Gasteiger partial charge in [0.2, 0.25) is 6.10 Å². The highest BCUT2D eigenvalue weighted by molar-refractivity contribution is 5.78. The monoisotopic (exact) mass is 405 g/mol. The van der Waals surface area contributed by atoms with Crippen LogP contribution in [-0.4, -0.2) is 5.97 Å². The predicted octanol–water partition coefficient (Wildman–Crippen LogP) is 6.11. The zero-order valence-electron chi connectivity index (χ0n) is 17.1. The molecule has 2 aliphatic rings. The summed E-state index contributed by atoms with van der Waals surface area (Å²) < 4.78 is 25.4. The van der Waals surface area contributed by atoms with Gasteiger partial charge in [-0.1, -0.05) is 49.8 Å². The molecule has 30 heavy (non-hydrogen) atoms. The van der Waals surface area contributed by atoms with Gasteiger partial charge in [0.15, 0.2) is 11.6 Å². The van der Waals surface area contributed by atoms with Gasteiger partial charge in [0.25, 0.3) is 0 Å². The molecule has 0 bridgehead atoms. The smallest absolute Gasteiger partial charge is 0.311 e. The summed E-state index contributed by atoms with van der Waals surface area (Å²) >= 11 is 0. The van der Waals surface area contributed by atoms with Gasteiger partial charge in [-0.3, -0.25) is 4.79 Å². The Morgan fingerprint density at radius 3 is 2.60 bits per heavy atom. The van der Waals surface area contributed by atoms with Crippen molar-refractivity contribution >= 4 is 5.97 Å². The van der Waals surface area contributed by atoms with Crippen LogP contribution in [0.2, 0.25) is 0 Å². The number of esters is 1. The van der Waals surface area contributed by atoms with Gasteiger partial charge in [-0.05, 0) is 54.9 Å². The fourth-order valence-corrected chi connectivity index (χ4v) is 3.98. The minimum atomic E-state index is -1.12. The summed E-state index contributed by atoms with van der Waals surface area (Å²) in [4.78, 5) is 12.8. The van der Waals surface area contributed by atoms with Gasteiger partial charge in [0, 0.05) is 5.56 Å². The molecule has 2 aromatic rings. The Morgan fingerprint density at radius 2 is 1.97 bits per heavy atom. The Morgan fingerprint density at radius 1 is 1.23 bits per heavy atom. The van der Waals surface area contributed by atoms with Crippen LogP contribution in [0.15, 0.2) is 60.2 Å². The van der Waals surface area contributed by atoms with Crippen molar-refractivity contribution in [1.82, 2.24) is 0 Å². The fourth-order valence-electron chi connectivity index (χ4n) is 3.98. The van der Waals surface area contributed by atoms with E-state index in [1.54, 1.807) is 24.3 Å². The van der Waals surface area contributed by atoms with E-state index in [-0.39, 0.29) is 29.0 Å². The highest BCUT2D eigenvalue weighted by atomic mass is 19.1. The minimum absolute atomic E-state index is 0.0191. The third kappa shape index (κ3) is 3.95. The molecule has 0 saturated heterocycles. The molecular formula is C25H24FNO3. The highest BCUT2D eigenvalue weighted by Crippen LogP contribution is 2.60. The van der Waals surface area contributed by atoms with Crippen molar-refractivity contribution in [2.24, 2.45) is 17.3 Å². The first kappa shape index (κ1) is 20.2. The van der Waals surface area contributed by atoms with Crippen LogP contribution >= 0.6 is 0 Å². The molecule has 4 nitrogen and oxygen atoms in total. The molecule has 2 aromatic carbocycles. The Bertz CT molecular complexity index is 1020.